The third-order valence-electron chi connectivity index (χ3n) is 8.49. The van der Waals surface area contributed by atoms with E-state index < -0.39 is 0 Å². The maximum absolute atomic E-state index is 13.3. The third kappa shape index (κ3) is 5.58. The van der Waals surface area contributed by atoms with E-state index in [9.17, 15) is 9.90 Å². The summed E-state index contributed by atoms with van der Waals surface area (Å²) in [6.45, 7) is 13.1. The van der Waals surface area contributed by atoms with Crippen LogP contribution < -0.4 is 5.32 Å². The van der Waals surface area contributed by atoms with Crippen LogP contribution in [-0.4, -0.2) is 41.5 Å². The number of benzene rings is 2. The van der Waals surface area contributed by atoms with Crippen molar-refractivity contribution in [1.29, 1.82) is 0 Å². The summed E-state index contributed by atoms with van der Waals surface area (Å²) < 4.78 is 1.15. The molecule has 2 aromatic rings. The van der Waals surface area contributed by atoms with Crippen molar-refractivity contribution in [2.24, 2.45) is 17.8 Å². The molecule has 0 unspecified atom stereocenters. The molecule has 0 aromatic heterocycles. The maximum atomic E-state index is 13.3. The number of nitrogens with zero attached hydrogens (tertiary/aromatic N) is 1. The number of carbonyl (C=O) groups excluding carboxylic acids is 1. The first-order valence-corrected chi connectivity index (χ1v) is 13.5. The van der Waals surface area contributed by atoms with Gasteiger partial charge in [-0.15, -0.1) is 0 Å². The predicted molar refractivity (Wildman–Crippen MR) is 142 cm³/mol. The summed E-state index contributed by atoms with van der Waals surface area (Å²) in [6.07, 6.45) is 2.47. The fourth-order valence-corrected chi connectivity index (χ4v) is 6.13. The lowest BCUT2D eigenvalue weighted by Crippen LogP contribution is -2.49. The van der Waals surface area contributed by atoms with E-state index in [4.69, 9.17) is 0 Å². The molecular weight excluding hydrogens is 488 g/mol. The topological polar surface area (TPSA) is 52.6 Å². The summed E-state index contributed by atoms with van der Waals surface area (Å²) in [5, 5.41) is 13.1. The van der Waals surface area contributed by atoms with Gasteiger partial charge in [-0.25, -0.2) is 0 Å². The molecule has 2 heterocycles. The van der Waals surface area contributed by atoms with Gasteiger partial charge in [-0.05, 0) is 83.5 Å². The molecule has 2 aromatic carbocycles. The van der Waals surface area contributed by atoms with Crippen molar-refractivity contribution >= 4 is 21.7 Å². The Morgan fingerprint density at radius 1 is 1.24 bits per heavy atom. The van der Waals surface area contributed by atoms with Crippen LogP contribution in [0.5, 0.6) is 5.75 Å². The van der Waals surface area contributed by atoms with Crippen molar-refractivity contribution < 1.29 is 9.90 Å². The fourth-order valence-electron chi connectivity index (χ4n) is 5.73. The van der Waals surface area contributed by atoms with Gasteiger partial charge in [0.05, 0.1) is 6.04 Å². The number of halogens is 1. The molecule has 34 heavy (non-hydrogen) atoms. The smallest absolute Gasteiger partial charge is 0.150 e. The van der Waals surface area contributed by atoms with Crippen molar-refractivity contribution in [2.75, 3.05) is 19.6 Å². The average molecular weight is 528 g/mol. The molecule has 0 radical (unpaired) electrons. The van der Waals surface area contributed by atoms with E-state index in [2.05, 4.69) is 78.1 Å². The number of rotatable bonds is 7. The van der Waals surface area contributed by atoms with E-state index in [1.165, 1.54) is 11.1 Å². The Hall–Kier alpha value is -1.69. The molecule has 1 fully saturated rings. The average Bonchev–Trinajstić information content (AvgIpc) is 2.80. The molecule has 0 aliphatic carbocycles. The van der Waals surface area contributed by atoms with E-state index in [1.54, 1.807) is 12.1 Å². The number of phenolic OH excluding ortho intramolecular Hbond substituents is 1. The summed E-state index contributed by atoms with van der Waals surface area (Å²) in [6, 6.07) is 14.1. The largest absolute Gasteiger partial charge is 0.508 e. The molecule has 2 N–H and O–H groups in total. The third-order valence-corrected chi connectivity index (χ3v) is 8.98. The van der Waals surface area contributed by atoms with Gasteiger partial charge in [0.2, 0.25) is 0 Å². The molecule has 2 aliphatic heterocycles. The van der Waals surface area contributed by atoms with Crippen molar-refractivity contribution in [3.8, 4) is 5.75 Å². The number of aromatic hydroxyl groups is 1. The fraction of sp³-hybridized carbons (Fsp3) is 0.552. The Labute approximate surface area is 213 Å². The Morgan fingerprint density at radius 2 is 2.03 bits per heavy atom. The van der Waals surface area contributed by atoms with Crippen LogP contribution in [0.25, 0.3) is 0 Å². The standard InChI is InChI=1S/C29H39BrN2O2/c1-19(2)23(14-28(34)27-13-21-8-9-26(33)12-22(21)16-31-27)18-32-11-10-29(4,20(3)17-32)24-6-5-7-25(30)15-24/h5-9,12,15,19-20,23,27,31,33H,10-11,13-14,16-18H2,1-4H3/t20-,23+,27+,29+/m0/s1. The number of likely N-dealkylation sites (tertiary alicyclic amines) is 1. The number of phenols is 1. The van der Waals surface area contributed by atoms with Gasteiger partial charge in [0.25, 0.3) is 0 Å². The molecule has 4 atom stereocenters. The molecule has 4 rings (SSSR count). The van der Waals surface area contributed by atoms with E-state index in [0.717, 1.165) is 36.1 Å². The number of fused-ring (bicyclic) bond motifs is 1. The Balaban J connectivity index is 1.36. The van der Waals surface area contributed by atoms with Crippen LogP contribution in [0.1, 0.15) is 57.2 Å². The number of nitrogens with one attached hydrogen (secondary N) is 1. The van der Waals surface area contributed by atoms with Crippen LogP contribution in [0.15, 0.2) is 46.9 Å². The van der Waals surface area contributed by atoms with E-state index in [-0.39, 0.29) is 17.2 Å². The van der Waals surface area contributed by atoms with Crippen LogP contribution in [0, 0.1) is 17.8 Å². The summed E-state index contributed by atoms with van der Waals surface area (Å²) in [7, 11) is 0. The van der Waals surface area contributed by atoms with Gasteiger partial charge in [-0.2, -0.15) is 0 Å². The maximum Gasteiger partial charge on any atom is 0.150 e. The number of ketones is 1. The van der Waals surface area contributed by atoms with Gasteiger partial charge in [0, 0.05) is 30.5 Å². The van der Waals surface area contributed by atoms with Crippen LogP contribution in [0.4, 0.5) is 0 Å². The van der Waals surface area contributed by atoms with Gasteiger partial charge in [0.1, 0.15) is 11.5 Å². The number of hydrogen-bond acceptors (Lipinski definition) is 4. The summed E-state index contributed by atoms with van der Waals surface area (Å²) in [4.78, 5) is 15.9. The molecular formula is C29H39BrN2O2. The minimum atomic E-state index is -0.126. The number of hydrogen-bond donors (Lipinski definition) is 2. The highest BCUT2D eigenvalue weighted by Gasteiger charge is 2.39. The van der Waals surface area contributed by atoms with Crippen LogP contribution in [0.3, 0.4) is 0 Å². The lowest BCUT2D eigenvalue weighted by atomic mass is 9.68. The van der Waals surface area contributed by atoms with Gasteiger partial charge in [-0.3, -0.25) is 4.79 Å². The normalized spacial score (nSPS) is 26.3. The van der Waals surface area contributed by atoms with Gasteiger partial charge in [0.15, 0.2) is 0 Å². The summed E-state index contributed by atoms with van der Waals surface area (Å²) in [5.41, 5.74) is 3.87. The lowest BCUT2D eigenvalue weighted by molar-refractivity contribution is -0.122. The molecule has 4 nitrogen and oxygen atoms in total. The second-order valence-electron chi connectivity index (χ2n) is 11.1. The van der Waals surface area contributed by atoms with Crippen molar-refractivity contribution in [2.45, 2.75) is 65.0 Å². The molecule has 0 spiro atoms. The Morgan fingerprint density at radius 3 is 2.74 bits per heavy atom. The van der Waals surface area contributed by atoms with Gasteiger partial charge in [-0.1, -0.05) is 61.8 Å². The minimum absolute atomic E-state index is 0.126. The monoisotopic (exact) mass is 526 g/mol. The zero-order chi connectivity index (χ0) is 24.5. The van der Waals surface area contributed by atoms with Crippen LogP contribution in [0.2, 0.25) is 0 Å². The minimum Gasteiger partial charge on any atom is -0.508 e. The number of Topliss-reactive ketones (excluding diaryl/α,β-unsaturated/α-hetero) is 1. The molecule has 0 bridgehead atoms. The van der Waals surface area contributed by atoms with Crippen molar-refractivity contribution in [3.05, 3.63) is 63.6 Å². The quantitative estimate of drug-likeness (QED) is 0.485. The van der Waals surface area contributed by atoms with Crippen LogP contribution in [-0.2, 0) is 23.2 Å². The second-order valence-corrected chi connectivity index (χ2v) is 12.0. The first-order chi connectivity index (χ1) is 16.2. The van der Waals surface area contributed by atoms with Crippen molar-refractivity contribution in [3.63, 3.8) is 0 Å². The van der Waals surface area contributed by atoms with Crippen LogP contribution >= 0.6 is 15.9 Å². The highest BCUT2D eigenvalue weighted by atomic mass is 79.9. The van der Waals surface area contributed by atoms with E-state index >= 15 is 0 Å². The van der Waals surface area contributed by atoms with Gasteiger partial charge >= 0.3 is 0 Å². The number of piperidine rings is 1. The molecule has 5 heteroatoms. The zero-order valence-electron chi connectivity index (χ0n) is 21.0. The molecule has 2 aliphatic rings. The zero-order valence-corrected chi connectivity index (χ0v) is 22.6. The highest BCUT2D eigenvalue weighted by molar-refractivity contribution is 9.10. The first kappa shape index (κ1) is 25.4. The molecule has 1 saturated heterocycles. The SMILES string of the molecule is CC(C)[C@H](CC(=O)[C@H]1Cc2ccc(O)cc2CN1)CN1CC[C@@](C)(c2cccc(Br)c2)[C@@H](C)C1. The molecule has 0 saturated carbocycles. The Kier molecular flexibility index (Phi) is 7.85. The van der Waals surface area contributed by atoms with E-state index in [1.807, 2.05) is 6.07 Å². The second kappa shape index (κ2) is 10.5. The first-order valence-electron chi connectivity index (χ1n) is 12.7. The van der Waals surface area contributed by atoms with Gasteiger partial charge < -0.3 is 15.3 Å². The lowest BCUT2D eigenvalue weighted by Gasteiger charge is -2.46. The van der Waals surface area contributed by atoms with E-state index in [0.29, 0.717) is 42.9 Å². The van der Waals surface area contributed by atoms with Crippen molar-refractivity contribution in [1.82, 2.24) is 10.2 Å². The summed E-state index contributed by atoms with van der Waals surface area (Å²) in [5.74, 6) is 1.98. The summed E-state index contributed by atoms with van der Waals surface area (Å²) >= 11 is 3.64. The number of carbonyl (C=O) groups is 1. The predicted octanol–water partition coefficient (Wildman–Crippen LogP) is 5.70. The Bertz CT molecular complexity index is 1020. The molecule has 0 amide bonds. The molecule has 184 valence electrons. The highest BCUT2D eigenvalue weighted by Crippen LogP contribution is 2.40.